The van der Waals surface area contributed by atoms with Gasteiger partial charge >= 0.3 is 5.97 Å². The van der Waals surface area contributed by atoms with Crippen molar-refractivity contribution < 1.29 is 29.3 Å². The average molecular weight is 410 g/mol. The van der Waals surface area contributed by atoms with E-state index in [0.717, 1.165) is 16.7 Å². The predicted molar refractivity (Wildman–Crippen MR) is 104 cm³/mol. The summed E-state index contributed by atoms with van der Waals surface area (Å²) in [4.78, 5) is 36.4. The van der Waals surface area contributed by atoms with Crippen LogP contribution in [-0.4, -0.2) is 49.9 Å². The van der Waals surface area contributed by atoms with Crippen LogP contribution in [-0.2, 0) is 14.4 Å². The van der Waals surface area contributed by atoms with Crippen LogP contribution in [0.2, 0.25) is 0 Å². The van der Waals surface area contributed by atoms with E-state index >= 15 is 0 Å². The number of benzene rings is 1. The lowest BCUT2D eigenvalue weighted by atomic mass is 10.1. The predicted octanol–water partition coefficient (Wildman–Crippen LogP) is 1.71. The molecule has 1 fully saturated rings. The van der Waals surface area contributed by atoms with Crippen LogP contribution in [0.5, 0.6) is 11.5 Å². The molecule has 0 saturated carbocycles. The highest BCUT2D eigenvalue weighted by atomic mass is 32.2. The number of nitrogens with two attached hydrogens (primary N) is 1. The summed E-state index contributed by atoms with van der Waals surface area (Å²) in [5.74, 6) is -2.25. The number of rotatable bonds is 8. The number of carbonyl (C=O) groups is 3. The monoisotopic (exact) mass is 410 g/mol. The van der Waals surface area contributed by atoms with Crippen LogP contribution in [0.1, 0.15) is 25.3 Å². The van der Waals surface area contributed by atoms with Gasteiger partial charge in [0.25, 0.3) is 5.91 Å². The molecule has 1 aromatic carbocycles. The lowest BCUT2D eigenvalue weighted by molar-refractivity contribution is -0.145. The maximum Gasteiger partial charge on any atom is 0.326 e. The molecule has 0 spiro atoms. The highest BCUT2D eigenvalue weighted by Gasteiger charge is 2.40. The summed E-state index contributed by atoms with van der Waals surface area (Å²) in [5.41, 5.74) is 5.66. The van der Waals surface area contributed by atoms with Gasteiger partial charge in [-0.15, -0.1) is 0 Å². The van der Waals surface area contributed by atoms with Gasteiger partial charge in [0, 0.05) is 6.42 Å². The highest BCUT2D eigenvalue weighted by Crippen LogP contribution is 2.36. The molecule has 27 heavy (non-hydrogen) atoms. The zero-order chi connectivity index (χ0) is 20.1. The molecule has 1 aliphatic rings. The molecule has 10 heteroatoms. The summed E-state index contributed by atoms with van der Waals surface area (Å²) in [6.07, 6.45) is 1.23. The van der Waals surface area contributed by atoms with Crippen molar-refractivity contribution in [2.75, 3.05) is 6.61 Å². The van der Waals surface area contributed by atoms with Crippen molar-refractivity contribution in [1.82, 2.24) is 4.90 Å². The largest absolute Gasteiger partial charge is 0.504 e. The van der Waals surface area contributed by atoms with Crippen molar-refractivity contribution in [3.8, 4) is 11.5 Å². The number of thiocarbonyl (C=S) groups is 1. The number of amides is 2. The number of carboxylic acid groups (broad SMARTS) is 1. The van der Waals surface area contributed by atoms with Gasteiger partial charge in [0.1, 0.15) is 10.4 Å². The number of aliphatic carboxylic acids is 1. The highest BCUT2D eigenvalue weighted by molar-refractivity contribution is 8.26. The van der Waals surface area contributed by atoms with E-state index in [1.807, 2.05) is 0 Å². The van der Waals surface area contributed by atoms with Crippen molar-refractivity contribution in [2.45, 2.75) is 25.8 Å². The number of aromatic hydroxyl groups is 1. The van der Waals surface area contributed by atoms with Crippen LogP contribution in [0.3, 0.4) is 0 Å². The smallest absolute Gasteiger partial charge is 0.326 e. The third-order valence-corrected chi connectivity index (χ3v) is 5.00. The van der Waals surface area contributed by atoms with Gasteiger partial charge in [-0.05, 0) is 37.1 Å². The third-order valence-electron chi connectivity index (χ3n) is 3.67. The molecule has 2 amide bonds. The zero-order valence-electron chi connectivity index (χ0n) is 14.4. The Bertz CT molecular complexity index is 824. The molecule has 1 aliphatic heterocycles. The van der Waals surface area contributed by atoms with Crippen LogP contribution < -0.4 is 10.5 Å². The molecule has 4 N–H and O–H groups in total. The lowest BCUT2D eigenvalue weighted by Crippen LogP contribution is -2.44. The summed E-state index contributed by atoms with van der Waals surface area (Å²) in [6, 6.07) is 3.32. The first kappa shape index (κ1) is 20.7. The van der Waals surface area contributed by atoms with Crippen LogP contribution in [0, 0.1) is 0 Å². The van der Waals surface area contributed by atoms with Crippen molar-refractivity contribution in [1.29, 1.82) is 0 Å². The van der Waals surface area contributed by atoms with Crippen LogP contribution >= 0.6 is 24.0 Å². The van der Waals surface area contributed by atoms with Gasteiger partial charge in [-0.1, -0.05) is 30.0 Å². The van der Waals surface area contributed by atoms with Gasteiger partial charge in [0.15, 0.2) is 11.5 Å². The number of thioether (sulfide) groups is 1. The fourth-order valence-corrected chi connectivity index (χ4v) is 3.79. The van der Waals surface area contributed by atoms with Gasteiger partial charge in [-0.2, -0.15) is 0 Å². The van der Waals surface area contributed by atoms with E-state index in [2.05, 4.69) is 0 Å². The number of hydrogen-bond acceptors (Lipinski definition) is 7. The van der Waals surface area contributed by atoms with Gasteiger partial charge in [-0.25, -0.2) is 4.79 Å². The summed E-state index contributed by atoms with van der Waals surface area (Å²) < 4.78 is 5.40. The summed E-state index contributed by atoms with van der Waals surface area (Å²) >= 11 is 6.12. The van der Waals surface area contributed by atoms with Crippen molar-refractivity contribution in [3.63, 3.8) is 0 Å². The Labute approximate surface area is 165 Å². The molecular formula is C17H18N2O6S2. The van der Waals surface area contributed by atoms with E-state index in [0.29, 0.717) is 12.2 Å². The van der Waals surface area contributed by atoms with Crippen molar-refractivity contribution in [2.24, 2.45) is 5.73 Å². The van der Waals surface area contributed by atoms with E-state index < -0.39 is 23.8 Å². The first-order valence-corrected chi connectivity index (χ1v) is 9.21. The SMILES string of the molecule is CCOc1cc(/C=C2\SC(=S)N(C(CCC(N)=O)C(=O)O)C2=O)ccc1O. The zero-order valence-corrected chi connectivity index (χ0v) is 16.0. The van der Waals surface area contributed by atoms with Gasteiger partial charge in [-0.3, -0.25) is 14.5 Å². The van der Waals surface area contributed by atoms with Gasteiger partial charge < -0.3 is 20.7 Å². The number of primary amides is 1. The van der Waals surface area contributed by atoms with E-state index in [1.165, 1.54) is 12.1 Å². The minimum absolute atomic E-state index is 0.0288. The second kappa shape index (κ2) is 8.87. The molecule has 0 aromatic heterocycles. The molecule has 144 valence electrons. The lowest BCUT2D eigenvalue weighted by Gasteiger charge is -2.22. The van der Waals surface area contributed by atoms with E-state index in [1.54, 1.807) is 19.1 Å². The Kier molecular flexibility index (Phi) is 6.81. The molecule has 1 atom stereocenters. The topological polar surface area (TPSA) is 130 Å². The van der Waals surface area contributed by atoms with E-state index in [9.17, 15) is 24.6 Å². The maximum atomic E-state index is 12.7. The fourth-order valence-electron chi connectivity index (χ4n) is 2.43. The molecule has 1 heterocycles. The normalized spacial score (nSPS) is 16.6. The average Bonchev–Trinajstić information content (AvgIpc) is 2.85. The van der Waals surface area contributed by atoms with Gasteiger partial charge in [0.05, 0.1) is 11.5 Å². The molecule has 0 radical (unpaired) electrons. The molecule has 0 bridgehead atoms. The number of carbonyl (C=O) groups excluding carboxylic acids is 2. The van der Waals surface area contributed by atoms with Crippen molar-refractivity contribution in [3.05, 3.63) is 28.7 Å². The Hall–Kier alpha value is -2.59. The Morgan fingerprint density at radius 3 is 2.74 bits per heavy atom. The van der Waals surface area contributed by atoms with E-state index in [4.69, 9.17) is 22.7 Å². The molecule has 2 rings (SSSR count). The van der Waals surface area contributed by atoms with Crippen molar-refractivity contribution >= 4 is 52.2 Å². The second-order valence-electron chi connectivity index (χ2n) is 5.57. The maximum absolute atomic E-state index is 12.7. The Morgan fingerprint density at radius 1 is 1.44 bits per heavy atom. The summed E-state index contributed by atoms with van der Waals surface area (Å²) in [5, 5.41) is 19.2. The first-order valence-electron chi connectivity index (χ1n) is 7.98. The van der Waals surface area contributed by atoms with Crippen LogP contribution in [0.25, 0.3) is 6.08 Å². The number of phenols is 1. The number of phenolic OH excluding ortho intramolecular Hbond substituents is 1. The van der Waals surface area contributed by atoms with Crippen LogP contribution in [0.4, 0.5) is 0 Å². The fraction of sp³-hybridized carbons (Fsp3) is 0.294. The third kappa shape index (κ3) is 4.98. The molecular weight excluding hydrogens is 392 g/mol. The summed E-state index contributed by atoms with van der Waals surface area (Å²) in [6.45, 7) is 2.13. The second-order valence-corrected chi connectivity index (χ2v) is 7.25. The number of carboxylic acids is 1. The Balaban J connectivity index is 2.28. The van der Waals surface area contributed by atoms with Crippen LogP contribution in [0.15, 0.2) is 23.1 Å². The number of hydrogen-bond donors (Lipinski definition) is 3. The Morgan fingerprint density at radius 2 is 2.15 bits per heavy atom. The summed E-state index contributed by atoms with van der Waals surface area (Å²) in [7, 11) is 0. The number of ether oxygens (including phenoxy) is 1. The number of nitrogens with zero attached hydrogens (tertiary/aromatic N) is 1. The minimum atomic E-state index is -1.27. The molecule has 1 saturated heterocycles. The minimum Gasteiger partial charge on any atom is -0.504 e. The molecule has 8 nitrogen and oxygen atoms in total. The standard InChI is InChI=1S/C17H18N2O6S2/c1-2-25-12-7-9(3-5-11(12)20)8-13-15(22)19(17(26)27-13)10(16(23)24)4-6-14(18)21/h3,5,7-8,10,20H,2,4,6H2,1H3,(H2,18,21)(H,23,24)/b13-8-. The molecule has 1 aromatic rings. The first-order chi connectivity index (χ1) is 12.7. The molecule has 0 aliphatic carbocycles. The van der Waals surface area contributed by atoms with E-state index in [-0.39, 0.29) is 33.6 Å². The quantitative estimate of drug-likeness (QED) is 0.436. The van der Waals surface area contributed by atoms with Gasteiger partial charge in [0.2, 0.25) is 5.91 Å². The molecule has 1 unspecified atom stereocenters.